The number of likely N-dealkylation sites (N-methyl/N-ethyl adjacent to an activating group) is 1. The van der Waals surface area contributed by atoms with Gasteiger partial charge in [-0.2, -0.15) is 0 Å². The van der Waals surface area contributed by atoms with E-state index in [9.17, 15) is 0 Å². The third kappa shape index (κ3) is 4.20. The van der Waals surface area contributed by atoms with Crippen LogP contribution in [0.2, 0.25) is 0 Å². The molecule has 3 atom stereocenters. The molecule has 0 amide bonds. The molecule has 124 valence electrons. The van der Waals surface area contributed by atoms with Gasteiger partial charge in [0.1, 0.15) is 0 Å². The Kier molecular flexibility index (Phi) is 6.10. The molecule has 3 heteroatoms. The lowest BCUT2D eigenvalue weighted by Gasteiger charge is -2.42. The number of nitrogens with zero attached hydrogens (tertiary/aromatic N) is 2. The first-order valence-electron chi connectivity index (χ1n) is 9.06. The van der Waals surface area contributed by atoms with Crippen LogP contribution >= 0.6 is 0 Å². The number of nitrogens with two attached hydrogens (primary N) is 1. The summed E-state index contributed by atoms with van der Waals surface area (Å²) in [4.78, 5) is 5.11. The molecule has 2 fully saturated rings. The molecule has 1 heterocycles. The molecule has 0 aromatic carbocycles. The summed E-state index contributed by atoms with van der Waals surface area (Å²) >= 11 is 0. The van der Waals surface area contributed by atoms with Gasteiger partial charge in [0.2, 0.25) is 0 Å². The molecule has 3 unspecified atom stereocenters. The topological polar surface area (TPSA) is 32.5 Å². The zero-order chi connectivity index (χ0) is 15.5. The number of hydrogen-bond donors (Lipinski definition) is 1. The number of likely N-dealkylation sites (tertiary alicyclic amines) is 1. The van der Waals surface area contributed by atoms with Crippen molar-refractivity contribution in [1.82, 2.24) is 9.80 Å². The summed E-state index contributed by atoms with van der Waals surface area (Å²) in [5.41, 5.74) is 6.55. The molecule has 1 saturated heterocycles. The third-order valence-electron chi connectivity index (χ3n) is 6.35. The molecule has 2 aliphatic rings. The summed E-state index contributed by atoms with van der Waals surface area (Å²) in [6.45, 7) is 9.37. The molecule has 21 heavy (non-hydrogen) atoms. The second-order valence-corrected chi connectivity index (χ2v) is 8.16. The maximum atomic E-state index is 6.28. The van der Waals surface area contributed by atoms with Crippen molar-refractivity contribution in [2.45, 2.75) is 57.9 Å². The van der Waals surface area contributed by atoms with Gasteiger partial charge in [-0.3, -0.25) is 4.90 Å². The number of rotatable bonds is 5. The Morgan fingerprint density at radius 2 is 2.00 bits per heavy atom. The molecular formula is C18H37N3. The van der Waals surface area contributed by atoms with Gasteiger partial charge in [-0.25, -0.2) is 0 Å². The van der Waals surface area contributed by atoms with Crippen LogP contribution in [-0.4, -0.2) is 55.6 Å². The van der Waals surface area contributed by atoms with E-state index in [1.54, 1.807) is 0 Å². The summed E-state index contributed by atoms with van der Waals surface area (Å²) in [7, 11) is 4.58. The summed E-state index contributed by atoms with van der Waals surface area (Å²) in [5, 5.41) is 0. The minimum absolute atomic E-state index is 0.269. The van der Waals surface area contributed by atoms with Crippen molar-refractivity contribution < 1.29 is 0 Å². The van der Waals surface area contributed by atoms with Gasteiger partial charge in [0.05, 0.1) is 0 Å². The molecule has 3 nitrogen and oxygen atoms in total. The van der Waals surface area contributed by atoms with Crippen molar-refractivity contribution >= 4 is 0 Å². The maximum absolute atomic E-state index is 6.28. The zero-order valence-corrected chi connectivity index (χ0v) is 14.8. The van der Waals surface area contributed by atoms with Crippen LogP contribution < -0.4 is 5.73 Å². The first-order valence-corrected chi connectivity index (χ1v) is 9.06. The predicted molar refractivity (Wildman–Crippen MR) is 91.4 cm³/mol. The predicted octanol–water partition coefficient (Wildman–Crippen LogP) is 2.80. The van der Waals surface area contributed by atoms with Gasteiger partial charge in [0.25, 0.3) is 0 Å². The Balaban J connectivity index is 1.96. The van der Waals surface area contributed by atoms with E-state index in [-0.39, 0.29) is 5.54 Å². The van der Waals surface area contributed by atoms with Gasteiger partial charge in [-0.05, 0) is 64.1 Å². The zero-order valence-electron chi connectivity index (χ0n) is 14.8. The molecule has 0 radical (unpaired) electrons. The normalized spacial score (nSPS) is 35.6. The fourth-order valence-corrected chi connectivity index (χ4v) is 4.58. The molecular weight excluding hydrogens is 258 g/mol. The molecule has 0 bridgehead atoms. The fraction of sp³-hybridized carbons (Fsp3) is 1.00. The van der Waals surface area contributed by atoms with Crippen LogP contribution in [0.1, 0.15) is 52.4 Å². The van der Waals surface area contributed by atoms with Crippen molar-refractivity contribution in [1.29, 1.82) is 0 Å². The van der Waals surface area contributed by atoms with Crippen LogP contribution in [0.25, 0.3) is 0 Å². The van der Waals surface area contributed by atoms with Crippen molar-refractivity contribution in [2.75, 3.05) is 40.3 Å². The van der Waals surface area contributed by atoms with E-state index in [0.29, 0.717) is 0 Å². The monoisotopic (exact) mass is 295 g/mol. The van der Waals surface area contributed by atoms with Gasteiger partial charge in [-0.1, -0.05) is 26.7 Å². The first kappa shape index (κ1) is 17.2. The molecule has 1 aliphatic heterocycles. The Bertz CT molecular complexity index is 318. The van der Waals surface area contributed by atoms with E-state index in [2.05, 4.69) is 37.7 Å². The highest BCUT2D eigenvalue weighted by Crippen LogP contribution is 2.37. The van der Waals surface area contributed by atoms with E-state index < -0.39 is 0 Å². The molecule has 1 aliphatic carbocycles. The van der Waals surface area contributed by atoms with Gasteiger partial charge in [-0.15, -0.1) is 0 Å². The second kappa shape index (κ2) is 7.43. The summed E-state index contributed by atoms with van der Waals surface area (Å²) in [6, 6.07) is 0. The average Bonchev–Trinajstić information content (AvgIpc) is 2.74. The number of hydrogen-bond acceptors (Lipinski definition) is 3. The second-order valence-electron chi connectivity index (χ2n) is 8.16. The molecule has 2 N–H and O–H groups in total. The first-order chi connectivity index (χ1) is 9.97. The highest BCUT2D eigenvalue weighted by molar-refractivity contribution is 4.94. The van der Waals surface area contributed by atoms with Crippen LogP contribution in [0.4, 0.5) is 0 Å². The minimum Gasteiger partial charge on any atom is -0.329 e. The van der Waals surface area contributed by atoms with Gasteiger partial charge in [0, 0.05) is 25.2 Å². The lowest BCUT2D eigenvalue weighted by atomic mass is 9.85. The van der Waals surface area contributed by atoms with Crippen LogP contribution in [0.3, 0.4) is 0 Å². The van der Waals surface area contributed by atoms with E-state index in [4.69, 9.17) is 5.73 Å². The SMILES string of the molecule is CC(C)C1CCCC(CN)(N(C)CC2CCN(C)C2)CC1. The van der Waals surface area contributed by atoms with Crippen LogP contribution in [0, 0.1) is 17.8 Å². The van der Waals surface area contributed by atoms with Crippen LogP contribution in [-0.2, 0) is 0 Å². The maximum Gasteiger partial charge on any atom is 0.0328 e. The molecule has 0 spiro atoms. The largest absolute Gasteiger partial charge is 0.329 e. The minimum atomic E-state index is 0.269. The fourth-order valence-electron chi connectivity index (χ4n) is 4.58. The Morgan fingerprint density at radius 1 is 1.24 bits per heavy atom. The highest BCUT2D eigenvalue weighted by atomic mass is 15.2. The van der Waals surface area contributed by atoms with E-state index >= 15 is 0 Å². The van der Waals surface area contributed by atoms with Gasteiger partial charge >= 0.3 is 0 Å². The smallest absolute Gasteiger partial charge is 0.0328 e. The van der Waals surface area contributed by atoms with Crippen molar-refractivity contribution in [3.05, 3.63) is 0 Å². The third-order valence-corrected chi connectivity index (χ3v) is 6.35. The lowest BCUT2D eigenvalue weighted by molar-refractivity contribution is 0.0885. The molecule has 1 saturated carbocycles. The molecule has 0 aromatic heterocycles. The Labute approximate surface area is 132 Å². The Morgan fingerprint density at radius 3 is 2.57 bits per heavy atom. The summed E-state index contributed by atoms with van der Waals surface area (Å²) in [5.74, 6) is 2.57. The van der Waals surface area contributed by atoms with Crippen molar-refractivity contribution in [2.24, 2.45) is 23.5 Å². The summed E-state index contributed by atoms with van der Waals surface area (Å²) < 4.78 is 0. The van der Waals surface area contributed by atoms with E-state index in [0.717, 1.165) is 24.3 Å². The van der Waals surface area contributed by atoms with E-state index in [1.807, 2.05) is 0 Å². The van der Waals surface area contributed by atoms with Crippen molar-refractivity contribution in [3.63, 3.8) is 0 Å². The van der Waals surface area contributed by atoms with Crippen LogP contribution in [0.15, 0.2) is 0 Å². The lowest BCUT2D eigenvalue weighted by Crippen LogP contribution is -2.53. The quantitative estimate of drug-likeness (QED) is 0.792. The van der Waals surface area contributed by atoms with Gasteiger partial charge < -0.3 is 10.6 Å². The van der Waals surface area contributed by atoms with Gasteiger partial charge in [0.15, 0.2) is 0 Å². The van der Waals surface area contributed by atoms with Crippen molar-refractivity contribution in [3.8, 4) is 0 Å². The molecule has 2 rings (SSSR count). The average molecular weight is 296 g/mol. The Hall–Kier alpha value is -0.120. The molecule has 0 aromatic rings. The van der Waals surface area contributed by atoms with E-state index in [1.165, 1.54) is 58.2 Å². The highest BCUT2D eigenvalue weighted by Gasteiger charge is 2.37. The summed E-state index contributed by atoms with van der Waals surface area (Å²) in [6.07, 6.45) is 8.07. The van der Waals surface area contributed by atoms with Crippen LogP contribution in [0.5, 0.6) is 0 Å². The standard InChI is InChI=1S/C18H37N3/c1-15(2)17-6-5-9-18(14-19,10-7-17)21(4)13-16-8-11-20(3)12-16/h15-17H,5-14,19H2,1-4H3.